The van der Waals surface area contributed by atoms with Crippen LogP contribution in [0.15, 0.2) is 12.1 Å². The van der Waals surface area contributed by atoms with Gasteiger partial charge < -0.3 is 24.6 Å². The van der Waals surface area contributed by atoms with Crippen LogP contribution in [-0.2, 0) is 11.3 Å². The van der Waals surface area contributed by atoms with E-state index < -0.39 is 6.10 Å². The molecule has 0 bridgehead atoms. The van der Waals surface area contributed by atoms with Gasteiger partial charge in [-0.05, 0) is 19.5 Å². The monoisotopic (exact) mass is 317 g/mol. The molecule has 120 valence electrons. The van der Waals surface area contributed by atoms with Crippen LogP contribution in [0, 0.1) is 0 Å². The molecule has 2 N–H and O–H groups in total. The molecule has 21 heavy (non-hydrogen) atoms. The van der Waals surface area contributed by atoms with Crippen molar-refractivity contribution in [3.05, 3.63) is 22.7 Å². The van der Waals surface area contributed by atoms with Crippen molar-refractivity contribution in [1.82, 2.24) is 5.32 Å². The molecular weight excluding hydrogens is 294 g/mol. The van der Waals surface area contributed by atoms with E-state index in [1.54, 1.807) is 13.2 Å². The molecule has 0 radical (unpaired) electrons. The molecular formula is C15H24ClNO4. The van der Waals surface area contributed by atoms with E-state index in [2.05, 4.69) is 5.32 Å². The minimum absolute atomic E-state index is 0.136. The quantitative estimate of drug-likeness (QED) is 0.693. The number of hydrogen-bond donors (Lipinski definition) is 2. The maximum Gasteiger partial charge on any atom is 0.165 e. The molecule has 1 rings (SSSR count). The van der Waals surface area contributed by atoms with Gasteiger partial charge in [0.05, 0.1) is 13.7 Å². The summed E-state index contributed by atoms with van der Waals surface area (Å²) in [5.41, 5.74) is 0.893. The van der Waals surface area contributed by atoms with Crippen LogP contribution in [0.25, 0.3) is 0 Å². The molecule has 0 saturated carbocycles. The smallest absolute Gasteiger partial charge is 0.165 e. The van der Waals surface area contributed by atoms with Gasteiger partial charge in [0.15, 0.2) is 11.5 Å². The van der Waals surface area contributed by atoms with Gasteiger partial charge in [-0.15, -0.1) is 0 Å². The van der Waals surface area contributed by atoms with E-state index in [9.17, 15) is 5.11 Å². The molecule has 0 aliphatic carbocycles. The van der Waals surface area contributed by atoms with Gasteiger partial charge in [0.2, 0.25) is 0 Å². The van der Waals surface area contributed by atoms with Gasteiger partial charge in [-0.3, -0.25) is 0 Å². The topological polar surface area (TPSA) is 60.0 Å². The predicted octanol–water partition coefficient (Wildman–Crippen LogP) is 2.23. The van der Waals surface area contributed by atoms with Crippen LogP contribution in [0.5, 0.6) is 11.5 Å². The highest BCUT2D eigenvalue weighted by molar-refractivity contribution is 6.30. The molecule has 0 saturated heterocycles. The summed E-state index contributed by atoms with van der Waals surface area (Å²) >= 11 is 6.08. The Bertz CT molecular complexity index is 428. The third kappa shape index (κ3) is 6.09. The van der Waals surface area contributed by atoms with Gasteiger partial charge in [-0.1, -0.05) is 18.5 Å². The van der Waals surface area contributed by atoms with Gasteiger partial charge in [0.25, 0.3) is 0 Å². The fourth-order valence-electron chi connectivity index (χ4n) is 1.81. The van der Waals surface area contributed by atoms with Crippen molar-refractivity contribution in [2.75, 3.05) is 33.5 Å². The number of nitrogens with one attached hydrogen (secondary N) is 1. The number of aliphatic hydroxyl groups excluding tert-OH is 1. The number of rotatable bonds is 10. The lowest BCUT2D eigenvalue weighted by atomic mass is 10.1. The van der Waals surface area contributed by atoms with Crippen molar-refractivity contribution in [2.45, 2.75) is 26.5 Å². The third-order valence-electron chi connectivity index (χ3n) is 2.82. The van der Waals surface area contributed by atoms with Crippen LogP contribution in [-0.4, -0.2) is 44.7 Å². The first-order valence-electron chi connectivity index (χ1n) is 7.08. The maximum atomic E-state index is 9.79. The number of aliphatic hydroxyl groups is 1. The lowest BCUT2D eigenvalue weighted by molar-refractivity contribution is 0.0157. The first-order chi connectivity index (χ1) is 10.1. The Labute approximate surface area is 131 Å². The molecule has 5 nitrogen and oxygen atoms in total. The minimum atomic E-state index is -0.683. The summed E-state index contributed by atoms with van der Waals surface area (Å²) in [5.74, 6) is 1.15. The van der Waals surface area contributed by atoms with Crippen LogP contribution in [0.3, 0.4) is 0 Å². The number of benzene rings is 1. The molecule has 0 aromatic heterocycles. The zero-order valence-corrected chi connectivity index (χ0v) is 13.6. The number of methoxy groups -OCH3 is 1. The Morgan fingerprint density at radius 3 is 2.67 bits per heavy atom. The lowest BCUT2D eigenvalue weighted by Crippen LogP contribution is -2.24. The molecule has 0 spiro atoms. The fourth-order valence-corrected chi connectivity index (χ4v) is 2.04. The fraction of sp³-hybridized carbons (Fsp3) is 0.600. The summed E-state index contributed by atoms with van der Waals surface area (Å²) in [5, 5.41) is 13.6. The largest absolute Gasteiger partial charge is 0.493 e. The highest BCUT2D eigenvalue weighted by Gasteiger charge is 2.14. The summed E-state index contributed by atoms with van der Waals surface area (Å²) in [6.07, 6.45) is -0.683. The van der Waals surface area contributed by atoms with Crippen molar-refractivity contribution in [1.29, 1.82) is 0 Å². The summed E-state index contributed by atoms with van der Waals surface area (Å²) < 4.78 is 16.2. The molecule has 1 atom stereocenters. The van der Waals surface area contributed by atoms with Crippen LogP contribution >= 0.6 is 11.6 Å². The minimum Gasteiger partial charge on any atom is -0.493 e. The van der Waals surface area contributed by atoms with Gasteiger partial charge in [-0.25, -0.2) is 0 Å². The van der Waals surface area contributed by atoms with Crippen molar-refractivity contribution in [3.8, 4) is 11.5 Å². The zero-order chi connectivity index (χ0) is 15.7. The molecule has 0 fully saturated rings. The Morgan fingerprint density at radius 1 is 1.29 bits per heavy atom. The molecule has 0 amide bonds. The average Bonchev–Trinajstić information content (AvgIpc) is 2.48. The van der Waals surface area contributed by atoms with Crippen molar-refractivity contribution < 1.29 is 19.3 Å². The average molecular weight is 318 g/mol. The van der Waals surface area contributed by atoms with E-state index in [4.69, 9.17) is 25.8 Å². The Hall–Kier alpha value is -1.01. The second kappa shape index (κ2) is 9.84. The summed E-state index contributed by atoms with van der Waals surface area (Å²) in [7, 11) is 1.56. The highest BCUT2D eigenvalue weighted by Crippen LogP contribution is 2.34. The normalized spacial score (nSPS) is 12.2. The Morgan fingerprint density at radius 2 is 2.05 bits per heavy atom. The van der Waals surface area contributed by atoms with Gasteiger partial charge >= 0.3 is 0 Å². The van der Waals surface area contributed by atoms with E-state index in [-0.39, 0.29) is 13.2 Å². The standard InChI is InChI=1S/C15H24ClNO4/c1-4-17-8-11-6-12(16)7-14(19-3)15(11)21-10-13(18)9-20-5-2/h6-7,13,17-18H,4-5,8-10H2,1-3H3. The predicted molar refractivity (Wildman–Crippen MR) is 83.4 cm³/mol. The third-order valence-corrected chi connectivity index (χ3v) is 3.03. The van der Waals surface area contributed by atoms with Gasteiger partial charge in [-0.2, -0.15) is 0 Å². The van der Waals surface area contributed by atoms with Crippen molar-refractivity contribution >= 4 is 11.6 Å². The Kier molecular flexibility index (Phi) is 8.45. The second-order valence-corrected chi connectivity index (χ2v) is 4.94. The van der Waals surface area contributed by atoms with Crippen LogP contribution in [0.1, 0.15) is 19.4 Å². The lowest BCUT2D eigenvalue weighted by Gasteiger charge is -2.18. The van der Waals surface area contributed by atoms with Crippen LogP contribution < -0.4 is 14.8 Å². The molecule has 6 heteroatoms. The highest BCUT2D eigenvalue weighted by atomic mass is 35.5. The van der Waals surface area contributed by atoms with E-state index >= 15 is 0 Å². The summed E-state index contributed by atoms with van der Waals surface area (Å²) in [6.45, 7) is 6.29. The SMILES string of the molecule is CCNCc1cc(Cl)cc(OC)c1OCC(O)COCC. The molecule has 1 aromatic carbocycles. The van der Waals surface area contributed by atoms with Gasteiger partial charge in [0.1, 0.15) is 12.7 Å². The zero-order valence-electron chi connectivity index (χ0n) is 12.8. The molecule has 1 unspecified atom stereocenters. The van der Waals surface area contributed by atoms with Gasteiger partial charge in [0, 0.05) is 29.8 Å². The van der Waals surface area contributed by atoms with Crippen molar-refractivity contribution in [3.63, 3.8) is 0 Å². The summed E-state index contributed by atoms with van der Waals surface area (Å²) in [4.78, 5) is 0. The first-order valence-corrected chi connectivity index (χ1v) is 7.45. The number of halogens is 1. The Balaban J connectivity index is 2.81. The second-order valence-electron chi connectivity index (χ2n) is 4.50. The summed E-state index contributed by atoms with van der Waals surface area (Å²) in [6, 6.07) is 3.53. The number of ether oxygens (including phenoxy) is 3. The van der Waals surface area contributed by atoms with Crippen molar-refractivity contribution in [2.24, 2.45) is 0 Å². The van der Waals surface area contributed by atoms with Crippen LogP contribution in [0.4, 0.5) is 0 Å². The molecule has 0 aliphatic heterocycles. The molecule has 0 aliphatic rings. The first kappa shape index (κ1) is 18.0. The van der Waals surface area contributed by atoms with E-state index in [0.29, 0.717) is 29.7 Å². The van der Waals surface area contributed by atoms with Crippen LogP contribution in [0.2, 0.25) is 5.02 Å². The number of hydrogen-bond acceptors (Lipinski definition) is 5. The van der Waals surface area contributed by atoms with E-state index in [0.717, 1.165) is 12.1 Å². The van der Waals surface area contributed by atoms with E-state index in [1.165, 1.54) is 0 Å². The van der Waals surface area contributed by atoms with E-state index in [1.807, 2.05) is 19.9 Å². The maximum absolute atomic E-state index is 9.79. The molecule has 1 aromatic rings. The molecule has 0 heterocycles.